The molecule has 6 heteroatoms. The van der Waals surface area contributed by atoms with Crippen molar-refractivity contribution in [2.24, 2.45) is 0 Å². The molecule has 1 heterocycles. The molecule has 24 heavy (non-hydrogen) atoms. The van der Waals surface area contributed by atoms with Crippen molar-refractivity contribution in [2.45, 2.75) is 44.0 Å². The van der Waals surface area contributed by atoms with E-state index in [0.717, 1.165) is 25.7 Å². The highest BCUT2D eigenvalue weighted by Crippen LogP contribution is 2.34. The van der Waals surface area contributed by atoms with E-state index in [0.29, 0.717) is 17.1 Å². The molecule has 1 aromatic carbocycles. The number of nitrogens with zero attached hydrogens (tertiary/aromatic N) is 1. The summed E-state index contributed by atoms with van der Waals surface area (Å²) in [6, 6.07) is 6.48. The van der Waals surface area contributed by atoms with Crippen molar-refractivity contribution in [2.75, 3.05) is 20.0 Å². The number of amides is 1. The maximum absolute atomic E-state index is 13.0. The molecule has 1 aromatic rings. The van der Waals surface area contributed by atoms with Crippen LogP contribution in [0.1, 0.15) is 43.0 Å². The Kier molecular flexibility index (Phi) is 6.97. The number of unbranched alkanes of at least 4 members (excludes halogenated alkanes) is 2. The van der Waals surface area contributed by atoms with Crippen LogP contribution in [0, 0.1) is 0 Å². The first-order chi connectivity index (χ1) is 11.6. The largest absolute Gasteiger partial charge is 0.497 e. The van der Waals surface area contributed by atoms with Gasteiger partial charge < -0.3 is 14.4 Å². The molecule has 0 spiro atoms. The Morgan fingerprint density at radius 1 is 1.21 bits per heavy atom. The Hall–Kier alpha value is -1.69. The Balaban J connectivity index is 2.19. The third-order valence-electron chi connectivity index (χ3n) is 4.19. The minimum Gasteiger partial charge on any atom is -0.497 e. The second kappa shape index (κ2) is 8.97. The van der Waals surface area contributed by atoms with Crippen LogP contribution < -0.4 is 4.74 Å². The number of hydrogen-bond donors (Lipinski definition) is 0. The summed E-state index contributed by atoms with van der Waals surface area (Å²) in [6.45, 7) is 2.15. The summed E-state index contributed by atoms with van der Waals surface area (Å²) in [5, 5.41) is 0.0234. The van der Waals surface area contributed by atoms with Crippen LogP contribution in [-0.2, 0) is 9.53 Å². The quantitative estimate of drug-likeness (QED) is 0.557. The van der Waals surface area contributed by atoms with Crippen molar-refractivity contribution >= 4 is 23.6 Å². The normalized spacial score (nSPS) is 20.0. The van der Waals surface area contributed by atoms with Crippen LogP contribution in [0.15, 0.2) is 24.3 Å². The van der Waals surface area contributed by atoms with Crippen LogP contribution >= 0.6 is 11.8 Å². The number of carbonyl (C=O) groups is 2. The Bertz CT molecular complexity index is 561. The van der Waals surface area contributed by atoms with Crippen molar-refractivity contribution < 1.29 is 19.1 Å². The molecule has 0 bridgehead atoms. The summed E-state index contributed by atoms with van der Waals surface area (Å²) >= 11 is 1.66. The average Bonchev–Trinajstić information content (AvgIpc) is 3.04. The molecule has 1 fully saturated rings. The average molecular weight is 351 g/mol. The third kappa shape index (κ3) is 4.23. The van der Waals surface area contributed by atoms with Crippen molar-refractivity contribution in [1.29, 1.82) is 0 Å². The fraction of sp³-hybridized carbons (Fsp3) is 0.556. The van der Waals surface area contributed by atoms with Crippen LogP contribution in [-0.4, -0.2) is 48.2 Å². The molecule has 5 nitrogen and oxygen atoms in total. The minimum atomic E-state index is -0.513. The Morgan fingerprint density at radius 3 is 2.50 bits per heavy atom. The monoisotopic (exact) mass is 351 g/mol. The van der Waals surface area contributed by atoms with Crippen molar-refractivity contribution in [1.82, 2.24) is 4.90 Å². The molecular formula is C18H25NO4S. The lowest BCUT2D eigenvalue weighted by molar-refractivity contribution is -0.145. The van der Waals surface area contributed by atoms with E-state index in [1.54, 1.807) is 48.0 Å². The molecule has 0 aromatic heterocycles. The lowest BCUT2D eigenvalue weighted by Crippen LogP contribution is -2.46. The molecule has 0 N–H and O–H groups in total. The zero-order chi connectivity index (χ0) is 17.5. The third-order valence-corrected chi connectivity index (χ3v) is 5.55. The number of hydrogen-bond acceptors (Lipinski definition) is 5. The lowest BCUT2D eigenvalue weighted by atomic mass is 10.1. The molecule has 0 aliphatic carbocycles. The lowest BCUT2D eigenvalue weighted by Gasteiger charge is -2.28. The van der Waals surface area contributed by atoms with Gasteiger partial charge in [0.05, 0.1) is 19.6 Å². The smallest absolute Gasteiger partial charge is 0.329 e. The number of carbonyl (C=O) groups excluding carboxylic acids is 2. The van der Waals surface area contributed by atoms with Crippen molar-refractivity contribution in [3.63, 3.8) is 0 Å². The molecule has 0 radical (unpaired) electrons. The topological polar surface area (TPSA) is 55.8 Å². The van der Waals surface area contributed by atoms with Gasteiger partial charge in [-0.15, -0.1) is 11.8 Å². The highest BCUT2D eigenvalue weighted by Gasteiger charge is 2.42. The molecule has 1 aliphatic heterocycles. The number of ether oxygens (including phenoxy) is 2. The minimum absolute atomic E-state index is 0.0234. The number of thioether (sulfide) groups is 1. The number of rotatable bonds is 7. The van der Waals surface area contributed by atoms with Gasteiger partial charge in [-0.3, -0.25) is 4.79 Å². The van der Waals surface area contributed by atoms with E-state index in [4.69, 9.17) is 9.47 Å². The summed E-state index contributed by atoms with van der Waals surface area (Å²) in [4.78, 5) is 26.8. The summed E-state index contributed by atoms with van der Waals surface area (Å²) in [6.07, 6.45) is 4.21. The van der Waals surface area contributed by atoms with Crippen LogP contribution in [0.5, 0.6) is 5.75 Å². The highest BCUT2D eigenvalue weighted by atomic mass is 32.2. The fourth-order valence-electron chi connectivity index (χ4n) is 2.83. The second-order valence-corrected chi connectivity index (χ2v) is 6.97. The molecule has 1 amide bonds. The molecule has 1 saturated heterocycles. The predicted molar refractivity (Wildman–Crippen MR) is 95.4 cm³/mol. The zero-order valence-electron chi connectivity index (χ0n) is 14.5. The first kappa shape index (κ1) is 18.6. The van der Waals surface area contributed by atoms with Crippen LogP contribution in [0.4, 0.5) is 0 Å². The molecule has 2 unspecified atom stereocenters. The maximum Gasteiger partial charge on any atom is 0.329 e. The number of benzene rings is 1. The van der Waals surface area contributed by atoms with Crippen LogP contribution in [0.2, 0.25) is 0 Å². The van der Waals surface area contributed by atoms with E-state index in [9.17, 15) is 9.59 Å². The Morgan fingerprint density at radius 2 is 1.92 bits per heavy atom. The molecule has 0 saturated carbocycles. The SMILES string of the molecule is CCCCCC1SCC(C(=O)OC)N1C(=O)c1ccc(OC)cc1. The summed E-state index contributed by atoms with van der Waals surface area (Å²) in [7, 11) is 2.96. The van der Waals surface area contributed by atoms with E-state index in [1.165, 1.54) is 7.11 Å². The van der Waals surface area contributed by atoms with Gasteiger partial charge in [-0.05, 0) is 30.7 Å². The highest BCUT2D eigenvalue weighted by molar-refractivity contribution is 8.00. The van der Waals surface area contributed by atoms with Gasteiger partial charge in [0.15, 0.2) is 0 Å². The first-order valence-electron chi connectivity index (χ1n) is 8.28. The van der Waals surface area contributed by atoms with Gasteiger partial charge in [0.2, 0.25) is 0 Å². The van der Waals surface area contributed by atoms with E-state index in [-0.39, 0.29) is 17.3 Å². The van der Waals surface area contributed by atoms with E-state index in [1.807, 2.05) is 0 Å². The number of methoxy groups -OCH3 is 2. The van der Waals surface area contributed by atoms with Gasteiger partial charge in [0, 0.05) is 11.3 Å². The summed E-state index contributed by atoms with van der Waals surface area (Å²) in [5.41, 5.74) is 0.563. The zero-order valence-corrected chi connectivity index (χ0v) is 15.3. The van der Waals surface area contributed by atoms with Gasteiger partial charge >= 0.3 is 5.97 Å². The van der Waals surface area contributed by atoms with Crippen molar-refractivity contribution in [3.8, 4) is 5.75 Å². The Labute approximate surface area is 147 Å². The van der Waals surface area contributed by atoms with Gasteiger partial charge in [0.1, 0.15) is 11.8 Å². The molecule has 2 rings (SSSR count). The molecule has 2 atom stereocenters. The standard InChI is InChI=1S/C18H25NO4S/c1-4-5-6-7-16-19(15(12-24-16)18(21)23-3)17(20)13-8-10-14(22-2)11-9-13/h8-11,15-16H,4-7,12H2,1-3H3. The van der Waals surface area contributed by atoms with Gasteiger partial charge in [-0.25, -0.2) is 4.79 Å². The second-order valence-electron chi connectivity index (χ2n) is 5.76. The summed E-state index contributed by atoms with van der Waals surface area (Å²) < 4.78 is 10.0. The van der Waals surface area contributed by atoms with E-state index < -0.39 is 6.04 Å². The molecule has 1 aliphatic rings. The van der Waals surface area contributed by atoms with Gasteiger partial charge in [-0.1, -0.05) is 26.2 Å². The van der Waals surface area contributed by atoms with E-state index >= 15 is 0 Å². The van der Waals surface area contributed by atoms with Crippen molar-refractivity contribution in [3.05, 3.63) is 29.8 Å². The predicted octanol–water partition coefficient (Wildman–Crippen LogP) is 3.33. The van der Waals surface area contributed by atoms with Crippen LogP contribution in [0.3, 0.4) is 0 Å². The van der Waals surface area contributed by atoms with Gasteiger partial charge in [0.25, 0.3) is 5.91 Å². The number of esters is 1. The summed E-state index contributed by atoms with van der Waals surface area (Å²) in [5.74, 6) is 0.819. The van der Waals surface area contributed by atoms with E-state index in [2.05, 4.69) is 6.92 Å². The van der Waals surface area contributed by atoms with Gasteiger partial charge in [-0.2, -0.15) is 0 Å². The maximum atomic E-state index is 13.0. The first-order valence-corrected chi connectivity index (χ1v) is 9.33. The molecular weight excluding hydrogens is 326 g/mol. The molecule has 132 valence electrons. The fourth-order valence-corrected chi connectivity index (χ4v) is 4.27. The van der Waals surface area contributed by atoms with Crippen LogP contribution in [0.25, 0.3) is 0 Å².